The summed E-state index contributed by atoms with van der Waals surface area (Å²) in [6.45, 7) is 15.7. The minimum absolute atomic E-state index is 0.822. The van der Waals surface area contributed by atoms with Crippen molar-refractivity contribution in [2.45, 2.75) is 47.5 Å². The molecular weight excluding hydrogens is 258 g/mol. The first kappa shape index (κ1) is 16.4. The van der Waals surface area contributed by atoms with Crippen LogP contribution in [0.3, 0.4) is 0 Å². The van der Waals surface area contributed by atoms with E-state index in [1.807, 2.05) is 0 Å². The summed E-state index contributed by atoms with van der Waals surface area (Å²) < 4.78 is 6.02. The molecule has 2 nitrogen and oxygen atoms in total. The highest BCUT2D eigenvalue weighted by Crippen LogP contribution is 2.24. The second kappa shape index (κ2) is 7.31. The molecule has 2 atom stereocenters. The van der Waals surface area contributed by atoms with Gasteiger partial charge >= 0.3 is 0 Å². The number of ether oxygens (including phenoxy) is 1. The van der Waals surface area contributed by atoms with Gasteiger partial charge in [0.15, 0.2) is 0 Å². The Morgan fingerprint density at radius 2 is 1.76 bits per heavy atom. The molecule has 21 heavy (non-hydrogen) atoms. The number of aryl methyl sites for hydroxylation is 2. The molecule has 2 heteroatoms. The van der Waals surface area contributed by atoms with Gasteiger partial charge in [-0.15, -0.1) is 0 Å². The van der Waals surface area contributed by atoms with E-state index in [1.165, 1.54) is 42.7 Å². The van der Waals surface area contributed by atoms with Gasteiger partial charge in [0.05, 0.1) is 6.61 Å². The first-order valence-corrected chi connectivity index (χ1v) is 8.38. The molecule has 0 spiro atoms. The Balaban J connectivity index is 1.77. The minimum atomic E-state index is 0.822. The van der Waals surface area contributed by atoms with Gasteiger partial charge in [-0.25, -0.2) is 0 Å². The Labute approximate surface area is 130 Å². The van der Waals surface area contributed by atoms with Crippen LogP contribution in [-0.4, -0.2) is 31.1 Å². The zero-order valence-corrected chi connectivity index (χ0v) is 14.4. The summed E-state index contributed by atoms with van der Waals surface area (Å²) in [6, 6.07) is 4.38. The van der Waals surface area contributed by atoms with Gasteiger partial charge in [0, 0.05) is 19.6 Å². The predicted molar refractivity (Wildman–Crippen MR) is 90.2 cm³/mol. The van der Waals surface area contributed by atoms with Crippen molar-refractivity contribution in [3.8, 4) is 5.75 Å². The molecule has 2 unspecified atom stereocenters. The van der Waals surface area contributed by atoms with Crippen molar-refractivity contribution >= 4 is 0 Å². The molecule has 1 fully saturated rings. The highest BCUT2D eigenvalue weighted by Gasteiger charge is 2.21. The number of hydrogen-bond donors (Lipinski definition) is 0. The highest BCUT2D eigenvalue weighted by molar-refractivity contribution is 5.41. The molecule has 1 saturated heterocycles. The minimum Gasteiger partial charge on any atom is -0.493 e. The zero-order valence-electron chi connectivity index (χ0n) is 14.4. The molecule has 0 amide bonds. The summed E-state index contributed by atoms with van der Waals surface area (Å²) in [6.07, 6.45) is 2.50. The molecule has 0 bridgehead atoms. The Kier molecular flexibility index (Phi) is 5.69. The van der Waals surface area contributed by atoms with Crippen molar-refractivity contribution in [1.82, 2.24) is 4.90 Å². The topological polar surface area (TPSA) is 12.5 Å². The molecule has 1 aromatic carbocycles. The number of hydrogen-bond acceptors (Lipinski definition) is 2. The van der Waals surface area contributed by atoms with Crippen molar-refractivity contribution < 1.29 is 4.74 Å². The van der Waals surface area contributed by atoms with Gasteiger partial charge < -0.3 is 9.64 Å². The molecule has 1 heterocycles. The Hall–Kier alpha value is -1.02. The van der Waals surface area contributed by atoms with Crippen molar-refractivity contribution in [3.63, 3.8) is 0 Å². The number of piperidine rings is 1. The van der Waals surface area contributed by atoms with E-state index in [0.29, 0.717) is 0 Å². The fourth-order valence-electron chi connectivity index (χ4n) is 3.60. The lowest BCUT2D eigenvalue weighted by Crippen LogP contribution is -2.39. The van der Waals surface area contributed by atoms with Crippen LogP contribution >= 0.6 is 0 Å². The average Bonchev–Trinajstić information content (AvgIpc) is 2.39. The molecule has 0 aromatic heterocycles. The normalized spacial score (nSPS) is 23.3. The largest absolute Gasteiger partial charge is 0.493 e. The van der Waals surface area contributed by atoms with Crippen LogP contribution in [0.5, 0.6) is 5.75 Å². The first-order chi connectivity index (χ1) is 9.95. The third-order valence-electron chi connectivity index (χ3n) is 4.58. The maximum absolute atomic E-state index is 6.02. The summed E-state index contributed by atoms with van der Waals surface area (Å²) in [5.74, 6) is 2.75. The van der Waals surface area contributed by atoms with E-state index in [0.717, 1.165) is 30.6 Å². The van der Waals surface area contributed by atoms with E-state index < -0.39 is 0 Å². The second-order valence-electron chi connectivity index (χ2n) is 7.11. The fraction of sp³-hybridized carbons (Fsp3) is 0.684. The van der Waals surface area contributed by atoms with Gasteiger partial charge in [-0.05, 0) is 68.2 Å². The number of nitrogens with zero attached hydrogens (tertiary/aromatic N) is 1. The summed E-state index contributed by atoms with van der Waals surface area (Å²) in [4.78, 5) is 2.61. The standard InChI is InChI=1S/C19H31NO/c1-14-10-17(4)18(5)19(11-14)21-8-6-7-20-12-15(2)9-16(3)13-20/h10-11,15-16H,6-9,12-13H2,1-5H3. The monoisotopic (exact) mass is 289 g/mol. The second-order valence-corrected chi connectivity index (χ2v) is 7.11. The van der Waals surface area contributed by atoms with Crippen LogP contribution in [-0.2, 0) is 0 Å². The molecular formula is C19H31NO. The lowest BCUT2D eigenvalue weighted by atomic mass is 9.92. The summed E-state index contributed by atoms with van der Waals surface area (Å²) >= 11 is 0. The Bertz CT molecular complexity index is 459. The molecule has 0 N–H and O–H groups in total. The number of benzene rings is 1. The molecule has 0 saturated carbocycles. The lowest BCUT2D eigenvalue weighted by molar-refractivity contribution is 0.132. The number of rotatable bonds is 5. The number of likely N-dealkylation sites (tertiary alicyclic amines) is 1. The van der Waals surface area contributed by atoms with Crippen LogP contribution in [0.2, 0.25) is 0 Å². The lowest BCUT2D eigenvalue weighted by Gasteiger charge is -2.34. The highest BCUT2D eigenvalue weighted by atomic mass is 16.5. The average molecular weight is 289 g/mol. The quantitative estimate of drug-likeness (QED) is 0.747. The fourth-order valence-corrected chi connectivity index (χ4v) is 3.60. The van der Waals surface area contributed by atoms with Crippen LogP contribution < -0.4 is 4.74 Å². The Morgan fingerprint density at radius 3 is 2.43 bits per heavy atom. The molecule has 118 valence electrons. The third kappa shape index (κ3) is 4.74. The maximum Gasteiger partial charge on any atom is 0.122 e. The molecule has 1 aliphatic rings. The smallest absolute Gasteiger partial charge is 0.122 e. The van der Waals surface area contributed by atoms with Gasteiger partial charge in [-0.3, -0.25) is 0 Å². The van der Waals surface area contributed by atoms with Gasteiger partial charge in [0.2, 0.25) is 0 Å². The van der Waals surface area contributed by atoms with Crippen LogP contribution in [0.25, 0.3) is 0 Å². The van der Waals surface area contributed by atoms with Crippen LogP contribution in [0.4, 0.5) is 0 Å². The van der Waals surface area contributed by atoms with Crippen LogP contribution in [0.1, 0.15) is 43.4 Å². The van der Waals surface area contributed by atoms with Gasteiger partial charge in [-0.2, -0.15) is 0 Å². The molecule has 0 radical (unpaired) electrons. The predicted octanol–water partition coefficient (Wildman–Crippen LogP) is 4.36. The van der Waals surface area contributed by atoms with Crippen molar-refractivity contribution in [2.24, 2.45) is 11.8 Å². The molecule has 1 aromatic rings. The van der Waals surface area contributed by atoms with Crippen molar-refractivity contribution in [3.05, 3.63) is 28.8 Å². The van der Waals surface area contributed by atoms with Crippen LogP contribution in [0, 0.1) is 32.6 Å². The van der Waals surface area contributed by atoms with Gasteiger partial charge in [0.25, 0.3) is 0 Å². The summed E-state index contributed by atoms with van der Waals surface area (Å²) in [5, 5.41) is 0. The van der Waals surface area contributed by atoms with Crippen molar-refractivity contribution in [2.75, 3.05) is 26.2 Å². The van der Waals surface area contributed by atoms with E-state index in [9.17, 15) is 0 Å². The van der Waals surface area contributed by atoms with Crippen molar-refractivity contribution in [1.29, 1.82) is 0 Å². The molecule has 1 aliphatic heterocycles. The van der Waals surface area contributed by atoms with E-state index in [-0.39, 0.29) is 0 Å². The SMILES string of the molecule is Cc1cc(C)c(C)c(OCCCN2CC(C)CC(C)C2)c1. The van der Waals surface area contributed by atoms with Gasteiger partial charge in [0.1, 0.15) is 5.75 Å². The molecule has 0 aliphatic carbocycles. The third-order valence-corrected chi connectivity index (χ3v) is 4.58. The molecule has 2 rings (SSSR count). The first-order valence-electron chi connectivity index (χ1n) is 8.38. The van der Waals surface area contributed by atoms with E-state index >= 15 is 0 Å². The summed E-state index contributed by atoms with van der Waals surface area (Å²) in [7, 11) is 0. The Morgan fingerprint density at radius 1 is 1.10 bits per heavy atom. The van der Waals surface area contributed by atoms with Gasteiger partial charge in [-0.1, -0.05) is 19.9 Å². The zero-order chi connectivity index (χ0) is 15.4. The van der Waals surface area contributed by atoms with Crippen LogP contribution in [0.15, 0.2) is 12.1 Å². The van der Waals surface area contributed by atoms with E-state index in [4.69, 9.17) is 4.74 Å². The van der Waals surface area contributed by atoms with E-state index in [1.54, 1.807) is 0 Å². The van der Waals surface area contributed by atoms with E-state index in [2.05, 4.69) is 51.7 Å². The maximum atomic E-state index is 6.02. The summed E-state index contributed by atoms with van der Waals surface area (Å²) in [5.41, 5.74) is 3.89.